The number of hydrogen-bond acceptors (Lipinski definition) is 4. The SMILES string of the molecule is CCOCCOC(C)(O)OC. The molecule has 0 aromatic carbocycles. The van der Waals surface area contributed by atoms with E-state index in [1.54, 1.807) is 0 Å². The molecule has 0 bridgehead atoms. The quantitative estimate of drug-likeness (QED) is 0.454. The van der Waals surface area contributed by atoms with Crippen LogP contribution in [-0.2, 0) is 14.2 Å². The van der Waals surface area contributed by atoms with Crippen molar-refractivity contribution in [1.82, 2.24) is 0 Å². The van der Waals surface area contributed by atoms with Gasteiger partial charge in [0, 0.05) is 20.6 Å². The number of hydrogen-bond donors (Lipinski definition) is 1. The van der Waals surface area contributed by atoms with E-state index in [1.807, 2.05) is 6.92 Å². The predicted octanol–water partition coefficient (Wildman–Crippen LogP) is 0.352. The van der Waals surface area contributed by atoms with Gasteiger partial charge in [0.2, 0.25) is 0 Å². The molecule has 0 saturated heterocycles. The fourth-order valence-corrected chi connectivity index (χ4v) is 0.493. The first-order valence-corrected chi connectivity index (χ1v) is 3.61. The normalized spacial score (nSPS) is 16.4. The molecular formula is C7H16O4. The van der Waals surface area contributed by atoms with Crippen molar-refractivity contribution >= 4 is 0 Å². The molecule has 0 aliphatic heterocycles. The van der Waals surface area contributed by atoms with Crippen molar-refractivity contribution in [3.05, 3.63) is 0 Å². The van der Waals surface area contributed by atoms with Crippen LogP contribution in [-0.4, -0.2) is 38.0 Å². The van der Waals surface area contributed by atoms with E-state index in [9.17, 15) is 0 Å². The molecule has 0 radical (unpaired) electrons. The second-order valence-corrected chi connectivity index (χ2v) is 2.15. The van der Waals surface area contributed by atoms with Gasteiger partial charge in [0.25, 0.3) is 5.97 Å². The summed E-state index contributed by atoms with van der Waals surface area (Å²) in [4.78, 5) is 0. The number of aliphatic hydroxyl groups is 1. The third-order valence-electron chi connectivity index (χ3n) is 1.18. The van der Waals surface area contributed by atoms with Crippen molar-refractivity contribution in [3.63, 3.8) is 0 Å². The van der Waals surface area contributed by atoms with E-state index in [2.05, 4.69) is 4.74 Å². The van der Waals surface area contributed by atoms with Gasteiger partial charge in [-0.1, -0.05) is 0 Å². The first-order chi connectivity index (χ1) is 5.12. The Morgan fingerprint density at radius 1 is 1.36 bits per heavy atom. The summed E-state index contributed by atoms with van der Waals surface area (Å²) < 4.78 is 14.5. The largest absolute Gasteiger partial charge is 0.379 e. The van der Waals surface area contributed by atoms with E-state index in [1.165, 1.54) is 14.0 Å². The molecule has 4 nitrogen and oxygen atoms in total. The second kappa shape index (κ2) is 5.49. The highest BCUT2D eigenvalue weighted by Gasteiger charge is 2.18. The van der Waals surface area contributed by atoms with Gasteiger partial charge in [-0.3, -0.25) is 0 Å². The van der Waals surface area contributed by atoms with Crippen molar-refractivity contribution in [3.8, 4) is 0 Å². The number of methoxy groups -OCH3 is 1. The van der Waals surface area contributed by atoms with E-state index in [-0.39, 0.29) is 0 Å². The molecule has 0 fully saturated rings. The Morgan fingerprint density at radius 3 is 2.45 bits per heavy atom. The summed E-state index contributed by atoms with van der Waals surface area (Å²) in [6.07, 6.45) is 0. The van der Waals surface area contributed by atoms with Gasteiger partial charge in [-0.25, -0.2) is 0 Å². The smallest absolute Gasteiger partial charge is 0.277 e. The zero-order valence-electron chi connectivity index (χ0n) is 7.29. The maximum atomic E-state index is 9.12. The fourth-order valence-electron chi connectivity index (χ4n) is 0.493. The molecule has 0 aromatic heterocycles. The molecule has 0 spiro atoms. The van der Waals surface area contributed by atoms with Crippen LogP contribution < -0.4 is 0 Å². The third-order valence-corrected chi connectivity index (χ3v) is 1.18. The molecule has 1 N–H and O–H groups in total. The van der Waals surface area contributed by atoms with Crippen molar-refractivity contribution in [2.45, 2.75) is 19.8 Å². The van der Waals surface area contributed by atoms with Gasteiger partial charge < -0.3 is 19.3 Å². The summed E-state index contributed by atoms with van der Waals surface area (Å²) in [5, 5.41) is 9.12. The molecule has 4 heteroatoms. The van der Waals surface area contributed by atoms with Gasteiger partial charge in [0.1, 0.15) is 0 Å². The Kier molecular flexibility index (Phi) is 5.41. The highest BCUT2D eigenvalue weighted by atomic mass is 16.8. The summed E-state index contributed by atoms with van der Waals surface area (Å²) in [5.74, 6) is -1.49. The Balaban J connectivity index is 3.23. The van der Waals surface area contributed by atoms with Crippen LogP contribution in [0, 0.1) is 0 Å². The molecular weight excluding hydrogens is 148 g/mol. The molecule has 1 unspecified atom stereocenters. The maximum Gasteiger partial charge on any atom is 0.277 e. The van der Waals surface area contributed by atoms with Crippen LogP contribution >= 0.6 is 0 Å². The monoisotopic (exact) mass is 164 g/mol. The Hall–Kier alpha value is -0.160. The lowest BCUT2D eigenvalue weighted by Gasteiger charge is -2.20. The summed E-state index contributed by atoms with van der Waals surface area (Å²) in [7, 11) is 1.38. The van der Waals surface area contributed by atoms with Crippen LogP contribution in [0.15, 0.2) is 0 Å². The minimum absolute atomic E-state index is 0.328. The standard InChI is InChI=1S/C7H16O4/c1-4-10-5-6-11-7(2,8)9-3/h8H,4-6H2,1-3H3. The van der Waals surface area contributed by atoms with Gasteiger partial charge in [-0.15, -0.1) is 0 Å². The summed E-state index contributed by atoms with van der Waals surface area (Å²) in [6, 6.07) is 0. The highest BCUT2D eigenvalue weighted by molar-refractivity contribution is 4.40. The van der Waals surface area contributed by atoms with Crippen LogP contribution in [0.1, 0.15) is 13.8 Å². The fraction of sp³-hybridized carbons (Fsp3) is 1.00. The lowest BCUT2D eigenvalue weighted by Crippen LogP contribution is -2.31. The van der Waals surface area contributed by atoms with E-state index in [4.69, 9.17) is 14.6 Å². The molecule has 0 rings (SSSR count). The molecule has 0 aliphatic rings. The van der Waals surface area contributed by atoms with Gasteiger partial charge in [-0.2, -0.15) is 0 Å². The van der Waals surface area contributed by atoms with Gasteiger partial charge >= 0.3 is 0 Å². The molecule has 68 valence electrons. The van der Waals surface area contributed by atoms with Crippen LogP contribution in [0.3, 0.4) is 0 Å². The first-order valence-electron chi connectivity index (χ1n) is 3.61. The predicted molar refractivity (Wildman–Crippen MR) is 40.1 cm³/mol. The van der Waals surface area contributed by atoms with Crippen molar-refractivity contribution in [1.29, 1.82) is 0 Å². The minimum Gasteiger partial charge on any atom is -0.379 e. The van der Waals surface area contributed by atoms with Crippen molar-refractivity contribution in [2.24, 2.45) is 0 Å². The van der Waals surface area contributed by atoms with E-state index in [0.717, 1.165) is 0 Å². The molecule has 1 atom stereocenters. The highest BCUT2D eigenvalue weighted by Crippen LogP contribution is 2.04. The Morgan fingerprint density at radius 2 is 2.00 bits per heavy atom. The van der Waals surface area contributed by atoms with Crippen molar-refractivity contribution in [2.75, 3.05) is 26.9 Å². The Bertz CT molecular complexity index is 92.4. The first kappa shape index (κ1) is 10.8. The molecule has 0 aliphatic carbocycles. The maximum absolute atomic E-state index is 9.12. The molecule has 11 heavy (non-hydrogen) atoms. The zero-order valence-corrected chi connectivity index (χ0v) is 7.29. The van der Waals surface area contributed by atoms with Gasteiger partial charge in [-0.05, 0) is 6.92 Å². The van der Waals surface area contributed by atoms with Crippen LogP contribution in [0.4, 0.5) is 0 Å². The number of rotatable bonds is 6. The molecule has 0 aromatic rings. The van der Waals surface area contributed by atoms with Crippen molar-refractivity contribution < 1.29 is 19.3 Å². The van der Waals surface area contributed by atoms with Gasteiger partial charge in [0.05, 0.1) is 13.2 Å². The lowest BCUT2D eigenvalue weighted by molar-refractivity contribution is -0.340. The second-order valence-electron chi connectivity index (χ2n) is 2.15. The molecule has 0 heterocycles. The lowest BCUT2D eigenvalue weighted by atomic mass is 10.6. The summed E-state index contributed by atoms with van der Waals surface area (Å²) in [6.45, 7) is 4.77. The van der Waals surface area contributed by atoms with Crippen LogP contribution in [0.5, 0.6) is 0 Å². The van der Waals surface area contributed by atoms with E-state index in [0.29, 0.717) is 19.8 Å². The minimum atomic E-state index is -1.49. The summed E-state index contributed by atoms with van der Waals surface area (Å²) >= 11 is 0. The van der Waals surface area contributed by atoms with Crippen LogP contribution in [0.25, 0.3) is 0 Å². The topological polar surface area (TPSA) is 47.9 Å². The van der Waals surface area contributed by atoms with Gasteiger partial charge in [0.15, 0.2) is 0 Å². The number of ether oxygens (including phenoxy) is 3. The average molecular weight is 164 g/mol. The van der Waals surface area contributed by atoms with E-state index >= 15 is 0 Å². The van der Waals surface area contributed by atoms with Crippen LogP contribution in [0.2, 0.25) is 0 Å². The third kappa shape index (κ3) is 6.25. The van der Waals surface area contributed by atoms with E-state index < -0.39 is 5.97 Å². The molecule has 0 amide bonds. The Labute approximate surface area is 67.1 Å². The summed E-state index contributed by atoms with van der Waals surface area (Å²) in [5.41, 5.74) is 0. The zero-order chi connectivity index (χ0) is 8.74. The average Bonchev–Trinajstić information content (AvgIpc) is 1.99. The molecule has 0 saturated carbocycles.